The van der Waals surface area contributed by atoms with Gasteiger partial charge in [-0.3, -0.25) is 19.0 Å². The maximum Gasteiger partial charge on any atom is 0.288 e. The van der Waals surface area contributed by atoms with E-state index in [1.165, 1.54) is 26.2 Å². The van der Waals surface area contributed by atoms with E-state index < -0.39 is 34.4 Å². The van der Waals surface area contributed by atoms with E-state index in [9.17, 15) is 27.9 Å². The standard InChI is InChI=1S/C40H45N5O9S/c1-28(47)44-26-34(33-10-6-7-11-35(33)44)29-24-36(38(48)42-18-16-40(17-19-42)39(49)41-27-45(40)30-8-4-3-5-9-30)54-37(25-29)53-23-21-43(20-22-46)55(50,51)32-14-12-31(52-2)13-15-32/h3-15,24,26,29,37,46H,16-23,25,27H2,1-2H3,(H,41,49)/t29-,37+/m1/s1. The molecular formula is C40H45N5O9S. The van der Waals surface area contributed by atoms with Gasteiger partial charge in [-0.1, -0.05) is 36.4 Å². The number of likely N-dealkylation sites (tertiary alicyclic amines) is 1. The summed E-state index contributed by atoms with van der Waals surface area (Å²) in [6, 6.07) is 23.3. The van der Waals surface area contributed by atoms with Crippen LogP contribution in [0.5, 0.6) is 5.75 Å². The Hall–Kier alpha value is -5.22. The van der Waals surface area contributed by atoms with Crippen molar-refractivity contribution in [2.45, 2.75) is 48.8 Å². The van der Waals surface area contributed by atoms with E-state index >= 15 is 0 Å². The molecule has 3 aliphatic rings. The molecule has 1 aromatic heterocycles. The number of fused-ring (bicyclic) bond motifs is 1. The summed E-state index contributed by atoms with van der Waals surface area (Å²) >= 11 is 0. The van der Waals surface area contributed by atoms with Gasteiger partial charge in [0.1, 0.15) is 11.3 Å². The smallest absolute Gasteiger partial charge is 0.288 e. The number of carbonyl (C=O) groups excluding carboxylic acids is 3. The minimum absolute atomic E-state index is 0.0405. The van der Waals surface area contributed by atoms with Gasteiger partial charge < -0.3 is 34.4 Å². The Morgan fingerprint density at radius 3 is 2.40 bits per heavy atom. The second kappa shape index (κ2) is 15.9. The highest BCUT2D eigenvalue weighted by Crippen LogP contribution is 2.39. The van der Waals surface area contributed by atoms with E-state index in [2.05, 4.69) is 10.2 Å². The normalized spacial score (nSPS) is 19.7. The second-order valence-electron chi connectivity index (χ2n) is 13.8. The number of sulfonamides is 1. The number of aliphatic hydroxyl groups is 1. The molecule has 14 nitrogen and oxygen atoms in total. The van der Waals surface area contributed by atoms with Crippen molar-refractivity contribution >= 4 is 44.3 Å². The van der Waals surface area contributed by atoms with Crippen molar-refractivity contribution in [3.05, 3.63) is 102 Å². The maximum absolute atomic E-state index is 14.3. The van der Waals surface area contributed by atoms with Crippen LogP contribution < -0.4 is 15.0 Å². The van der Waals surface area contributed by atoms with Crippen LogP contribution in [0.15, 0.2) is 102 Å². The molecular weight excluding hydrogens is 727 g/mol. The minimum Gasteiger partial charge on any atom is -0.497 e. The van der Waals surface area contributed by atoms with Crippen LogP contribution in [0, 0.1) is 0 Å². The van der Waals surface area contributed by atoms with E-state index in [0.29, 0.717) is 38.3 Å². The van der Waals surface area contributed by atoms with Crippen molar-refractivity contribution in [3.63, 3.8) is 0 Å². The number of allylic oxidation sites excluding steroid dienone is 1. The van der Waals surface area contributed by atoms with Gasteiger partial charge in [-0.2, -0.15) is 4.31 Å². The molecule has 2 atom stereocenters. The van der Waals surface area contributed by atoms with E-state index in [4.69, 9.17) is 14.2 Å². The molecule has 3 aromatic carbocycles. The molecule has 290 valence electrons. The lowest BCUT2D eigenvalue weighted by atomic mass is 9.85. The predicted molar refractivity (Wildman–Crippen MR) is 204 cm³/mol. The van der Waals surface area contributed by atoms with Gasteiger partial charge in [-0.05, 0) is 66.9 Å². The van der Waals surface area contributed by atoms with Crippen molar-refractivity contribution < 1.29 is 42.1 Å². The third kappa shape index (κ3) is 7.44. The van der Waals surface area contributed by atoms with Gasteiger partial charge in [-0.25, -0.2) is 8.42 Å². The maximum atomic E-state index is 14.3. The zero-order valence-corrected chi connectivity index (χ0v) is 31.6. The van der Waals surface area contributed by atoms with Gasteiger partial charge in [0, 0.05) is 62.7 Å². The van der Waals surface area contributed by atoms with Crippen LogP contribution in [0.4, 0.5) is 5.69 Å². The molecule has 0 saturated carbocycles. The number of benzene rings is 3. The third-order valence-electron chi connectivity index (χ3n) is 10.7. The second-order valence-corrected chi connectivity index (χ2v) is 15.8. The van der Waals surface area contributed by atoms with Gasteiger partial charge in [0.2, 0.25) is 28.1 Å². The highest BCUT2D eigenvalue weighted by Gasteiger charge is 2.51. The molecule has 1 spiro atoms. The molecule has 0 unspecified atom stereocenters. The molecule has 15 heteroatoms. The Bertz CT molecular complexity index is 2180. The molecule has 7 rings (SSSR count). The molecule has 3 aliphatic heterocycles. The van der Waals surface area contributed by atoms with Crippen molar-refractivity contribution in [1.29, 1.82) is 0 Å². The monoisotopic (exact) mass is 771 g/mol. The fourth-order valence-electron chi connectivity index (χ4n) is 7.80. The van der Waals surface area contributed by atoms with Crippen molar-refractivity contribution in [2.75, 3.05) is 58.1 Å². The van der Waals surface area contributed by atoms with Crippen molar-refractivity contribution in [1.82, 2.24) is 19.1 Å². The molecule has 0 aliphatic carbocycles. The number of anilines is 1. The van der Waals surface area contributed by atoms with Crippen LogP contribution in [-0.2, 0) is 29.1 Å². The zero-order valence-electron chi connectivity index (χ0n) is 30.8. The number of aliphatic hydroxyl groups excluding tert-OH is 1. The highest BCUT2D eigenvalue weighted by atomic mass is 32.2. The summed E-state index contributed by atoms with van der Waals surface area (Å²) in [6.07, 6.45) is 3.73. The van der Waals surface area contributed by atoms with Crippen molar-refractivity contribution in [3.8, 4) is 5.75 Å². The summed E-state index contributed by atoms with van der Waals surface area (Å²) in [5.74, 6) is -0.386. The van der Waals surface area contributed by atoms with E-state index in [0.717, 1.165) is 26.5 Å². The third-order valence-corrected chi connectivity index (χ3v) is 12.6. The average Bonchev–Trinajstić information content (AvgIpc) is 3.75. The molecule has 2 fully saturated rings. The zero-order chi connectivity index (χ0) is 38.7. The summed E-state index contributed by atoms with van der Waals surface area (Å²) in [4.78, 5) is 44.0. The number of carbonyl (C=O) groups is 3. The molecule has 2 N–H and O–H groups in total. The number of rotatable bonds is 12. The number of amides is 2. The lowest BCUT2D eigenvalue weighted by Gasteiger charge is -2.43. The Morgan fingerprint density at radius 1 is 1.00 bits per heavy atom. The molecule has 0 bridgehead atoms. The van der Waals surface area contributed by atoms with Crippen LogP contribution in [-0.4, -0.2) is 110 Å². The minimum atomic E-state index is -3.99. The highest BCUT2D eigenvalue weighted by molar-refractivity contribution is 7.89. The number of hydrogen-bond donors (Lipinski definition) is 2. The summed E-state index contributed by atoms with van der Waals surface area (Å²) in [5, 5.41) is 13.6. The molecule has 2 amide bonds. The molecule has 0 radical (unpaired) electrons. The molecule has 4 aromatic rings. The number of nitrogens with zero attached hydrogens (tertiary/aromatic N) is 4. The number of methoxy groups -OCH3 is 1. The van der Waals surface area contributed by atoms with Gasteiger partial charge in [0.25, 0.3) is 5.91 Å². The number of aromatic nitrogens is 1. The SMILES string of the molecule is COc1ccc(S(=O)(=O)N(CCO)CCO[C@@H]2C[C@H](c3cn(C(C)=O)c4ccccc34)C=C(C(=O)N3CCC4(CC3)C(=O)NCN4c3ccccc3)O2)cc1. The predicted octanol–water partition coefficient (Wildman–Crippen LogP) is 3.68. The number of piperidine rings is 1. The Kier molecular flexibility index (Phi) is 11.0. The van der Waals surface area contributed by atoms with Crippen LogP contribution in [0.3, 0.4) is 0 Å². The first-order valence-corrected chi connectivity index (χ1v) is 19.8. The molecule has 4 heterocycles. The quantitative estimate of drug-likeness (QED) is 0.218. The molecule has 55 heavy (non-hydrogen) atoms. The Labute approximate surface area is 319 Å². The van der Waals surface area contributed by atoms with E-state index in [1.807, 2.05) is 54.6 Å². The summed E-state index contributed by atoms with van der Waals surface area (Å²) < 4.78 is 47.4. The van der Waals surface area contributed by atoms with Gasteiger partial charge in [-0.15, -0.1) is 0 Å². The summed E-state index contributed by atoms with van der Waals surface area (Å²) in [7, 11) is -2.50. The number of ether oxygens (including phenoxy) is 3. The number of para-hydroxylation sites is 2. The van der Waals surface area contributed by atoms with Gasteiger partial charge >= 0.3 is 0 Å². The summed E-state index contributed by atoms with van der Waals surface area (Å²) in [6.45, 7) is 1.75. The first kappa shape index (κ1) is 38.1. The number of hydrogen-bond acceptors (Lipinski definition) is 10. The Balaban J connectivity index is 1.12. The lowest BCUT2D eigenvalue weighted by Crippen LogP contribution is -2.57. The topological polar surface area (TPSA) is 160 Å². The lowest BCUT2D eigenvalue weighted by molar-refractivity contribution is -0.154. The van der Waals surface area contributed by atoms with E-state index in [-0.39, 0.29) is 54.5 Å². The van der Waals surface area contributed by atoms with Gasteiger partial charge in [0.15, 0.2) is 5.76 Å². The largest absolute Gasteiger partial charge is 0.497 e. The number of nitrogens with one attached hydrogen (secondary N) is 1. The van der Waals surface area contributed by atoms with Crippen LogP contribution in [0.2, 0.25) is 0 Å². The van der Waals surface area contributed by atoms with Crippen LogP contribution in [0.25, 0.3) is 10.9 Å². The first-order chi connectivity index (χ1) is 26.6. The fourth-order valence-corrected chi connectivity index (χ4v) is 9.22. The van der Waals surface area contributed by atoms with Crippen LogP contribution >= 0.6 is 0 Å². The van der Waals surface area contributed by atoms with E-state index in [1.54, 1.807) is 33.9 Å². The Morgan fingerprint density at radius 2 is 1.71 bits per heavy atom. The summed E-state index contributed by atoms with van der Waals surface area (Å²) in [5.41, 5.74) is 1.70. The molecule has 2 saturated heterocycles. The fraction of sp³-hybridized carbons (Fsp3) is 0.375. The average molecular weight is 772 g/mol. The van der Waals surface area contributed by atoms with Crippen LogP contribution in [0.1, 0.15) is 42.5 Å². The van der Waals surface area contributed by atoms with Crippen molar-refractivity contribution in [2.24, 2.45) is 0 Å². The van der Waals surface area contributed by atoms with Gasteiger partial charge in [0.05, 0.1) is 37.4 Å². The first-order valence-electron chi connectivity index (χ1n) is 18.3.